The molecule has 1 heterocycles. The second-order valence-corrected chi connectivity index (χ2v) is 6.08. The van der Waals surface area contributed by atoms with Crippen LogP contribution in [0.1, 0.15) is 39.0 Å². The molecule has 0 radical (unpaired) electrons. The van der Waals surface area contributed by atoms with Gasteiger partial charge in [-0.15, -0.1) is 0 Å². The Kier molecular flexibility index (Phi) is 3.50. The number of benzene rings is 1. The molecule has 0 bridgehead atoms. The quantitative estimate of drug-likeness (QED) is 0.867. The van der Waals surface area contributed by atoms with Crippen LogP contribution in [0.3, 0.4) is 0 Å². The summed E-state index contributed by atoms with van der Waals surface area (Å²) in [5, 5.41) is 6.26. The van der Waals surface area contributed by atoms with Crippen molar-refractivity contribution < 1.29 is 0 Å². The normalized spacial score (nSPS) is 24.3. The van der Waals surface area contributed by atoms with Crippen molar-refractivity contribution in [3.63, 3.8) is 0 Å². The van der Waals surface area contributed by atoms with Crippen LogP contribution < -0.4 is 5.32 Å². The number of anilines is 1. The van der Waals surface area contributed by atoms with E-state index in [0.717, 1.165) is 11.4 Å². The third-order valence-electron chi connectivity index (χ3n) is 4.08. The molecule has 3 heteroatoms. The fourth-order valence-corrected chi connectivity index (χ4v) is 3.81. The van der Waals surface area contributed by atoms with Crippen molar-refractivity contribution in [2.75, 3.05) is 5.32 Å². The number of hydrogen-bond donors (Lipinski definition) is 1. The molecule has 3 rings (SSSR count). The summed E-state index contributed by atoms with van der Waals surface area (Å²) < 4.78 is 4.50. The van der Waals surface area contributed by atoms with Gasteiger partial charge in [0.1, 0.15) is 5.00 Å². The van der Waals surface area contributed by atoms with Gasteiger partial charge < -0.3 is 5.32 Å². The third kappa shape index (κ3) is 2.37. The van der Waals surface area contributed by atoms with Gasteiger partial charge in [-0.25, -0.2) is 0 Å². The Morgan fingerprint density at radius 2 is 2.22 bits per heavy atom. The first-order chi connectivity index (χ1) is 8.86. The minimum absolute atomic E-state index is 0.646. The lowest BCUT2D eigenvalue weighted by Gasteiger charge is -2.29. The zero-order valence-electron chi connectivity index (χ0n) is 10.9. The fraction of sp³-hybridized carbons (Fsp3) is 0.533. The number of fused-ring (bicyclic) bond motifs is 1. The van der Waals surface area contributed by atoms with Crippen molar-refractivity contribution >= 4 is 27.4 Å². The van der Waals surface area contributed by atoms with E-state index in [9.17, 15) is 0 Å². The molecule has 96 valence electrons. The number of aromatic nitrogens is 1. The smallest absolute Gasteiger partial charge is 0.117 e. The van der Waals surface area contributed by atoms with Crippen LogP contribution in [0.4, 0.5) is 5.00 Å². The lowest BCUT2D eigenvalue weighted by molar-refractivity contribution is 0.328. The summed E-state index contributed by atoms with van der Waals surface area (Å²) in [6, 6.07) is 9.05. The van der Waals surface area contributed by atoms with Gasteiger partial charge in [-0.05, 0) is 42.4 Å². The molecule has 2 aromatic rings. The van der Waals surface area contributed by atoms with E-state index in [-0.39, 0.29) is 0 Å². The number of nitrogens with one attached hydrogen (secondary N) is 1. The molecule has 2 atom stereocenters. The average Bonchev–Trinajstić information content (AvgIpc) is 2.83. The molecule has 18 heavy (non-hydrogen) atoms. The molecular formula is C15H20N2S. The summed E-state index contributed by atoms with van der Waals surface area (Å²) in [4.78, 5) is 0. The number of rotatable bonds is 3. The molecule has 0 saturated heterocycles. The predicted octanol–water partition coefficient (Wildman–Crippen LogP) is 4.68. The van der Waals surface area contributed by atoms with Crippen LogP contribution >= 0.6 is 11.5 Å². The Hall–Kier alpha value is -1.09. The van der Waals surface area contributed by atoms with E-state index in [1.54, 1.807) is 11.5 Å². The van der Waals surface area contributed by atoms with Crippen LogP contribution in [0.15, 0.2) is 24.3 Å². The van der Waals surface area contributed by atoms with Gasteiger partial charge in [-0.3, -0.25) is 0 Å². The van der Waals surface area contributed by atoms with E-state index in [4.69, 9.17) is 0 Å². The highest BCUT2D eigenvalue weighted by atomic mass is 32.1. The van der Waals surface area contributed by atoms with Crippen LogP contribution in [-0.4, -0.2) is 10.4 Å². The van der Waals surface area contributed by atoms with Crippen LogP contribution in [0.25, 0.3) is 10.9 Å². The molecular weight excluding hydrogens is 240 g/mol. The maximum atomic E-state index is 4.50. The first-order valence-corrected chi connectivity index (χ1v) is 7.75. The SMILES string of the molecule is CCC1CCCC(Nc2snc3ccccc23)C1. The summed E-state index contributed by atoms with van der Waals surface area (Å²) in [6.45, 7) is 2.31. The zero-order valence-corrected chi connectivity index (χ0v) is 11.7. The molecule has 1 N–H and O–H groups in total. The zero-order chi connectivity index (χ0) is 12.4. The van der Waals surface area contributed by atoms with Gasteiger partial charge in [-0.2, -0.15) is 4.37 Å². The molecule has 1 aliphatic carbocycles. The highest BCUT2D eigenvalue weighted by Crippen LogP contribution is 2.33. The van der Waals surface area contributed by atoms with Crippen LogP contribution in [0.5, 0.6) is 0 Å². The van der Waals surface area contributed by atoms with Gasteiger partial charge in [0, 0.05) is 11.4 Å². The summed E-state index contributed by atoms with van der Waals surface area (Å²) >= 11 is 1.60. The van der Waals surface area contributed by atoms with Gasteiger partial charge in [0.2, 0.25) is 0 Å². The summed E-state index contributed by atoms with van der Waals surface area (Å²) in [5.41, 5.74) is 1.12. The largest absolute Gasteiger partial charge is 0.372 e. The molecule has 0 spiro atoms. The lowest BCUT2D eigenvalue weighted by atomic mass is 9.84. The average molecular weight is 260 g/mol. The Bertz CT molecular complexity index is 520. The molecule has 1 saturated carbocycles. The van der Waals surface area contributed by atoms with E-state index >= 15 is 0 Å². The first-order valence-electron chi connectivity index (χ1n) is 6.97. The van der Waals surface area contributed by atoms with E-state index in [0.29, 0.717) is 6.04 Å². The molecule has 0 aliphatic heterocycles. The number of hydrogen-bond acceptors (Lipinski definition) is 3. The third-order valence-corrected chi connectivity index (χ3v) is 4.89. The molecule has 1 aliphatic rings. The molecule has 1 aromatic heterocycles. The summed E-state index contributed by atoms with van der Waals surface area (Å²) in [6.07, 6.45) is 6.73. The van der Waals surface area contributed by atoms with Crippen LogP contribution in [0, 0.1) is 5.92 Å². The molecule has 2 nitrogen and oxygen atoms in total. The van der Waals surface area contributed by atoms with E-state index in [2.05, 4.69) is 40.9 Å². The standard InChI is InChI=1S/C15H20N2S/c1-2-11-6-5-7-12(10-11)16-15-13-8-3-4-9-14(13)17-18-15/h3-4,8-9,11-12,16H,2,5-7,10H2,1H3. The van der Waals surface area contributed by atoms with E-state index < -0.39 is 0 Å². The maximum Gasteiger partial charge on any atom is 0.117 e. The Balaban J connectivity index is 1.76. The second-order valence-electron chi connectivity index (χ2n) is 5.31. The summed E-state index contributed by atoms with van der Waals surface area (Å²) in [5.74, 6) is 0.912. The predicted molar refractivity (Wildman–Crippen MR) is 79.3 cm³/mol. The van der Waals surface area contributed by atoms with Gasteiger partial charge >= 0.3 is 0 Å². The summed E-state index contributed by atoms with van der Waals surface area (Å²) in [7, 11) is 0. The topological polar surface area (TPSA) is 24.9 Å². The minimum Gasteiger partial charge on any atom is -0.372 e. The highest BCUT2D eigenvalue weighted by molar-refractivity contribution is 7.11. The van der Waals surface area contributed by atoms with E-state index in [1.807, 2.05) is 0 Å². The van der Waals surface area contributed by atoms with Crippen molar-refractivity contribution in [1.29, 1.82) is 0 Å². The monoisotopic (exact) mass is 260 g/mol. The van der Waals surface area contributed by atoms with Gasteiger partial charge in [0.25, 0.3) is 0 Å². The first kappa shape index (κ1) is 12.0. The maximum absolute atomic E-state index is 4.50. The fourth-order valence-electron chi connectivity index (χ4n) is 2.97. The second kappa shape index (κ2) is 5.27. The van der Waals surface area contributed by atoms with Gasteiger partial charge in [-0.1, -0.05) is 38.3 Å². The Morgan fingerprint density at radius 3 is 3.11 bits per heavy atom. The molecule has 1 fully saturated rings. The highest BCUT2D eigenvalue weighted by Gasteiger charge is 2.21. The van der Waals surface area contributed by atoms with Crippen molar-refractivity contribution in [3.8, 4) is 0 Å². The van der Waals surface area contributed by atoms with Crippen molar-refractivity contribution in [1.82, 2.24) is 4.37 Å². The van der Waals surface area contributed by atoms with Gasteiger partial charge in [0.05, 0.1) is 5.52 Å². The number of nitrogens with zero attached hydrogens (tertiary/aromatic N) is 1. The van der Waals surface area contributed by atoms with Crippen molar-refractivity contribution in [3.05, 3.63) is 24.3 Å². The Morgan fingerprint density at radius 1 is 1.33 bits per heavy atom. The lowest BCUT2D eigenvalue weighted by Crippen LogP contribution is -2.26. The van der Waals surface area contributed by atoms with Crippen molar-refractivity contribution in [2.45, 2.75) is 45.1 Å². The van der Waals surface area contributed by atoms with Crippen LogP contribution in [-0.2, 0) is 0 Å². The van der Waals surface area contributed by atoms with Crippen LogP contribution in [0.2, 0.25) is 0 Å². The van der Waals surface area contributed by atoms with Gasteiger partial charge in [0.15, 0.2) is 0 Å². The van der Waals surface area contributed by atoms with Crippen molar-refractivity contribution in [2.24, 2.45) is 5.92 Å². The molecule has 0 amide bonds. The molecule has 2 unspecified atom stereocenters. The Labute approximate surface area is 113 Å². The minimum atomic E-state index is 0.646. The molecule has 1 aromatic carbocycles. The van der Waals surface area contributed by atoms with E-state index in [1.165, 1.54) is 42.5 Å².